The van der Waals surface area contributed by atoms with Crippen molar-refractivity contribution in [2.75, 3.05) is 7.11 Å². The van der Waals surface area contributed by atoms with Crippen LogP contribution in [0.4, 0.5) is 13.2 Å². The molecule has 128 valence electrons. The first-order valence-electron chi connectivity index (χ1n) is 6.95. The molecule has 1 N–H and O–H groups in total. The molecule has 0 aliphatic heterocycles. The number of amides is 1. The van der Waals surface area contributed by atoms with Crippen LogP contribution in [0.1, 0.15) is 21.5 Å². The second-order valence-electron chi connectivity index (χ2n) is 4.84. The molecule has 0 radical (unpaired) electrons. The summed E-state index contributed by atoms with van der Waals surface area (Å²) in [5.41, 5.74) is -2.84. The first-order valence-corrected chi connectivity index (χ1v) is 7.76. The Morgan fingerprint density at radius 1 is 1.25 bits per heavy atom. The highest BCUT2D eigenvalue weighted by atomic mass is 32.2. The Bertz CT molecular complexity index is 708. The van der Waals surface area contributed by atoms with Crippen LogP contribution in [-0.4, -0.2) is 23.5 Å². The van der Waals surface area contributed by atoms with Gasteiger partial charge in [0, 0.05) is 31.6 Å². The third-order valence-electron chi connectivity index (χ3n) is 2.98. The largest absolute Gasteiger partial charge is 0.447 e. The van der Waals surface area contributed by atoms with E-state index in [1.54, 1.807) is 7.11 Å². The number of carbonyl (C=O) groups excluding carboxylic acids is 1. The Morgan fingerprint density at radius 2 is 2.00 bits per heavy atom. The predicted octanol–water partition coefficient (Wildman–Crippen LogP) is 3.77. The molecule has 1 aromatic heterocycles. The SMILES string of the molecule is COCc1cccc(CNC(=O)c2cccnc2SC(F)(F)F)c1. The van der Waals surface area contributed by atoms with Crippen molar-refractivity contribution in [3.05, 3.63) is 59.3 Å². The lowest BCUT2D eigenvalue weighted by Crippen LogP contribution is -2.24. The van der Waals surface area contributed by atoms with Crippen molar-refractivity contribution in [2.45, 2.75) is 23.7 Å². The monoisotopic (exact) mass is 356 g/mol. The van der Waals surface area contributed by atoms with Crippen LogP contribution in [0.3, 0.4) is 0 Å². The molecule has 1 aromatic carbocycles. The van der Waals surface area contributed by atoms with Crippen LogP contribution < -0.4 is 5.32 Å². The number of pyridine rings is 1. The highest BCUT2D eigenvalue weighted by Gasteiger charge is 2.32. The van der Waals surface area contributed by atoms with Gasteiger partial charge < -0.3 is 10.1 Å². The standard InChI is InChI=1S/C16H15F3N2O2S/c1-23-10-12-5-2-4-11(8-12)9-21-14(22)13-6-3-7-20-15(13)24-16(17,18)19/h2-8H,9-10H2,1H3,(H,21,22). The van der Waals surface area contributed by atoms with E-state index in [0.717, 1.165) is 11.1 Å². The second kappa shape index (κ2) is 8.16. The van der Waals surface area contributed by atoms with E-state index in [0.29, 0.717) is 6.61 Å². The van der Waals surface area contributed by atoms with Crippen LogP contribution in [-0.2, 0) is 17.9 Å². The second-order valence-corrected chi connectivity index (χ2v) is 5.89. The summed E-state index contributed by atoms with van der Waals surface area (Å²) in [5, 5.41) is 2.25. The number of halogens is 3. The Hall–Kier alpha value is -2.06. The van der Waals surface area contributed by atoms with Gasteiger partial charge in [0.15, 0.2) is 0 Å². The molecule has 0 spiro atoms. The van der Waals surface area contributed by atoms with Crippen LogP contribution in [0.15, 0.2) is 47.6 Å². The number of aromatic nitrogens is 1. The van der Waals surface area contributed by atoms with Gasteiger partial charge in [0.1, 0.15) is 5.03 Å². The first-order chi connectivity index (χ1) is 11.4. The number of hydrogen-bond donors (Lipinski definition) is 1. The number of ether oxygens (including phenoxy) is 1. The maximum Gasteiger partial charge on any atom is 0.447 e. The number of nitrogens with one attached hydrogen (secondary N) is 1. The number of methoxy groups -OCH3 is 1. The van der Waals surface area contributed by atoms with E-state index < -0.39 is 23.2 Å². The van der Waals surface area contributed by atoms with Crippen LogP contribution in [0.5, 0.6) is 0 Å². The zero-order valence-electron chi connectivity index (χ0n) is 12.8. The van der Waals surface area contributed by atoms with Gasteiger partial charge in [-0.1, -0.05) is 24.3 Å². The molecule has 0 aliphatic rings. The summed E-state index contributed by atoms with van der Waals surface area (Å²) in [6.07, 6.45) is 1.22. The summed E-state index contributed by atoms with van der Waals surface area (Å²) < 4.78 is 42.6. The maximum atomic E-state index is 12.5. The molecule has 8 heteroatoms. The van der Waals surface area contributed by atoms with Gasteiger partial charge in [0.05, 0.1) is 12.2 Å². The first kappa shape index (κ1) is 18.3. The van der Waals surface area contributed by atoms with Crippen LogP contribution in [0.2, 0.25) is 0 Å². The third kappa shape index (κ3) is 5.54. The fourth-order valence-corrected chi connectivity index (χ4v) is 2.63. The number of benzene rings is 1. The van der Waals surface area contributed by atoms with Gasteiger partial charge in [0.2, 0.25) is 0 Å². The number of nitrogens with zero attached hydrogens (tertiary/aromatic N) is 1. The van der Waals surface area contributed by atoms with Crippen LogP contribution >= 0.6 is 11.8 Å². The Morgan fingerprint density at radius 3 is 2.71 bits per heavy atom. The molecule has 0 atom stereocenters. The van der Waals surface area contributed by atoms with Gasteiger partial charge in [-0.05, 0) is 23.3 Å². The molecule has 0 bridgehead atoms. The van der Waals surface area contributed by atoms with Gasteiger partial charge in [0.25, 0.3) is 5.91 Å². The lowest BCUT2D eigenvalue weighted by molar-refractivity contribution is -0.0329. The van der Waals surface area contributed by atoms with E-state index in [4.69, 9.17) is 4.74 Å². The Balaban J connectivity index is 2.06. The maximum absolute atomic E-state index is 12.5. The van der Waals surface area contributed by atoms with E-state index in [1.165, 1.54) is 18.3 Å². The van der Waals surface area contributed by atoms with E-state index in [-0.39, 0.29) is 17.1 Å². The molecule has 1 heterocycles. The molecule has 0 saturated heterocycles. The average Bonchev–Trinajstić information content (AvgIpc) is 2.52. The quantitative estimate of drug-likeness (QED) is 0.801. The molecule has 2 rings (SSSR count). The fourth-order valence-electron chi connectivity index (χ4n) is 2.03. The summed E-state index contributed by atoms with van der Waals surface area (Å²) in [6.45, 7) is 0.637. The van der Waals surface area contributed by atoms with Gasteiger partial charge >= 0.3 is 5.51 Å². The smallest absolute Gasteiger partial charge is 0.380 e. The number of thioether (sulfide) groups is 1. The molecular formula is C16H15F3N2O2S. The minimum atomic E-state index is -4.50. The number of alkyl halides is 3. The molecule has 0 saturated carbocycles. The van der Waals surface area contributed by atoms with E-state index in [1.807, 2.05) is 24.3 Å². The van der Waals surface area contributed by atoms with Gasteiger partial charge in [-0.3, -0.25) is 4.79 Å². The number of carbonyl (C=O) groups is 1. The van der Waals surface area contributed by atoms with E-state index in [2.05, 4.69) is 10.3 Å². The zero-order valence-corrected chi connectivity index (χ0v) is 13.6. The zero-order chi connectivity index (χ0) is 17.6. The van der Waals surface area contributed by atoms with Gasteiger partial charge in [-0.2, -0.15) is 13.2 Å². The Kier molecular flexibility index (Phi) is 6.22. The number of hydrogen-bond acceptors (Lipinski definition) is 4. The molecule has 0 aliphatic carbocycles. The Labute approximate surface area is 141 Å². The van der Waals surface area contributed by atoms with E-state index in [9.17, 15) is 18.0 Å². The summed E-state index contributed by atoms with van der Waals surface area (Å²) in [6, 6.07) is 10.1. The van der Waals surface area contributed by atoms with Crippen molar-refractivity contribution in [1.29, 1.82) is 0 Å². The molecule has 1 amide bonds. The van der Waals surface area contributed by atoms with Crippen molar-refractivity contribution < 1.29 is 22.7 Å². The topological polar surface area (TPSA) is 51.2 Å². The highest BCUT2D eigenvalue weighted by Crippen LogP contribution is 2.37. The summed E-state index contributed by atoms with van der Waals surface area (Å²) in [4.78, 5) is 15.8. The fraction of sp³-hybridized carbons (Fsp3) is 0.250. The summed E-state index contributed by atoms with van der Waals surface area (Å²) in [5.74, 6) is -0.605. The summed E-state index contributed by atoms with van der Waals surface area (Å²) in [7, 11) is 1.58. The van der Waals surface area contributed by atoms with Crippen molar-refractivity contribution >= 4 is 17.7 Å². The molecule has 2 aromatic rings. The van der Waals surface area contributed by atoms with Crippen LogP contribution in [0.25, 0.3) is 0 Å². The van der Waals surface area contributed by atoms with Crippen molar-refractivity contribution in [1.82, 2.24) is 10.3 Å². The molecule has 24 heavy (non-hydrogen) atoms. The van der Waals surface area contributed by atoms with Crippen LogP contribution in [0, 0.1) is 0 Å². The summed E-state index contributed by atoms with van der Waals surface area (Å²) >= 11 is -0.402. The minimum absolute atomic E-state index is 0.104. The third-order valence-corrected chi connectivity index (χ3v) is 3.73. The molecule has 4 nitrogen and oxygen atoms in total. The van der Waals surface area contributed by atoms with Crippen molar-refractivity contribution in [2.24, 2.45) is 0 Å². The van der Waals surface area contributed by atoms with Gasteiger partial charge in [-0.15, -0.1) is 0 Å². The predicted molar refractivity (Wildman–Crippen MR) is 84.5 cm³/mol. The van der Waals surface area contributed by atoms with Crippen molar-refractivity contribution in [3.63, 3.8) is 0 Å². The normalized spacial score (nSPS) is 11.3. The van der Waals surface area contributed by atoms with Gasteiger partial charge in [-0.25, -0.2) is 4.98 Å². The highest BCUT2D eigenvalue weighted by molar-refractivity contribution is 8.00. The molecule has 0 unspecified atom stereocenters. The lowest BCUT2D eigenvalue weighted by atomic mass is 10.1. The molecule has 0 fully saturated rings. The minimum Gasteiger partial charge on any atom is -0.380 e. The lowest BCUT2D eigenvalue weighted by Gasteiger charge is -2.11. The average molecular weight is 356 g/mol. The van der Waals surface area contributed by atoms with E-state index >= 15 is 0 Å². The van der Waals surface area contributed by atoms with Crippen molar-refractivity contribution in [3.8, 4) is 0 Å². The number of rotatable bonds is 6. The molecular weight excluding hydrogens is 341 g/mol.